The Kier molecular flexibility index (Phi) is 9.38. The van der Waals surface area contributed by atoms with Crippen LogP contribution in [0.25, 0.3) is 11.1 Å². The Morgan fingerprint density at radius 3 is 1.41 bits per heavy atom. The van der Waals surface area contributed by atoms with Crippen LogP contribution in [0.2, 0.25) is 0 Å². The van der Waals surface area contributed by atoms with Gasteiger partial charge in [0.05, 0.1) is 0 Å². The summed E-state index contributed by atoms with van der Waals surface area (Å²) in [4.78, 5) is 4.78. The molecular formula is C54H52N2. The maximum atomic E-state index is 2.41. The van der Waals surface area contributed by atoms with Crippen LogP contribution in [0.1, 0.15) is 93.5 Å². The zero-order chi connectivity index (χ0) is 38.3. The van der Waals surface area contributed by atoms with Gasteiger partial charge in [0.15, 0.2) is 0 Å². The Labute approximate surface area is 334 Å². The van der Waals surface area contributed by atoms with Crippen LogP contribution in [0.15, 0.2) is 176 Å². The normalized spacial score (nSPS) is 14.9. The molecule has 7 aromatic rings. The maximum Gasteiger partial charge on any atom is 0.0465 e. The molecule has 0 N–H and O–H groups in total. The zero-order valence-electron chi connectivity index (χ0n) is 33.3. The van der Waals surface area contributed by atoms with E-state index >= 15 is 0 Å². The van der Waals surface area contributed by atoms with Crippen molar-refractivity contribution in [2.24, 2.45) is 0 Å². The first-order valence-corrected chi connectivity index (χ1v) is 20.5. The quantitative estimate of drug-likeness (QED) is 0.146. The Balaban J connectivity index is 1.01. The Bertz CT molecular complexity index is 2420. The van der Waals surface area contributed by atoms with E-state index in [9.17, 15) is 0 Å². The van der Waals surface area contributed by atoms with E-state index in [0.29, 0.717) is 5.92 Å². The zero-order valence-corrected chi connectivity index (χ0v) is 33.3. The minimum atomic E-state index is -0.197. The first kappa shape index (κ1) is 35.8. The van der Waals surface area contributed by atoms with Crippen molar-refractivity contribution in [1.29, 1.82) is 0 Å². The molecule has 2 aliphatic rings. The molecule has 1 saturated carbocycles. The van der Waals surface area contributed by atoms with Crippen molar-refractivity contribution in [1.82, 2.24) is 0 Å². The number of hydrogen-bond acceptors (Lipinski definition) is 2. The van der Waals surface area contributed by atoms with Crippen LogP contribution in [0.4, 0.5) is 34.1 Å². The fourth-order valence-electron chi connectivity index (χ4n) is 9.43. The summed E-state index contributed by atoms with van der Waals surface area (Å²) in [5, 5.41) is 0. The third-order valence-corrected chi connectivity index (χ3v) is 12.8. The second-order valence-electron chi connectivity index (χ2n) is 16.9. The van der Waals surface area contributed by atoms with Gasteiger partial charge in [-0.3, -0.25) is 0 Å². The molecule has 0 radical (unpaired) electrons. The molecule has 2 nitrogen and oxygen atoms in total. The van der Waals surface area contributed by atoms with Gasteiger partial charge in [0.1, 0.15) is 0 Å². The van der Waals surface area contributed by atoms with E-state index < -0.39 is 0 Å². The molecule has 0 atom stereocenters. The van der Waals surface area contributed by atoms with Gasteiger partial charge in [-0.05, 0) is 131 Å². The van der Waals surface area contributed by atoms with Crippen LogP contribution in [-0.4, -0.2) is 0 Å². The lowest BCUT2D eigenvalue weighted by molar-refractivity contribution is 0.443. The summed E-state index contributed by atoms with van der Waals surface area (Å²) in [7, 11) is 0. The predicted molar refractivity (Wildman–Crippen MR) is 238 cm³/mol. The van der Waals surface area contributed by atoms with Crippen LogP contribution >= 0.6 is 0 Å². The van der Waals surface area contributed by atoms with Gasteiger partial charge in [0.2, 0.25) is 0 Å². The monoisotopic (exact) mass is 728 g/mol. The van der Waals surface area contributed by atoms with E-state index in [1.54, 1.807) is 0 Å². The third-order valence-electron chi connectivity index (χ3n) is 12.8. The summed E-state index contributed by atoms with van der Waals surface area (Å²) < 4.78 is 0. The van der Waals surface area contributed by atoms with Gasteiger partial charge in [-0.1, -0.05) is 150 Å². The fourth-order valence-corrected chi connectivity index (χ4v) is 9.43. The highest BCUT2D eigenvalue weighted by atomic mass is 15.1. The van der Waals surface area contributed by atoms with Gasteiger partial charge in [0, 0.05) is 45.0 Å². The van der Waals surface area contributed by atoms with Crippen molar-refractivity contribution < 1.29 is 0 Å². The third kappa shape index (κ3) is 6.52. The number of fused-ring (bicyclic) bond motifs is 3. The highest BCUT2D eigenvalue weighted by Crippen LogP contribution is 2.51. The van der Waals surface area contributed by atoms with Gasteiger partial charge in [-0.25, -0.2) is 0 Å². The molecule has 0 unspecified atom stereocenters. The van der Waals surface area contributed by atoms with Crippen molar-refractivity contribution in [3.8, 4) is 11.1 Å². The molecule has 0 saturated heterocycles. The lowest BCUT2D eigenvalue weighted by Gasteiger charge is -2.31. The Hall–Kier alpha value is -5.86. The maximum absolute atomic E-state index is 2.41. The number of nitrogens with zero attached hydrogens (tertiary/aromatic N) is 2. The van der Waals surface area contributed by atoms with E-state index in [2.05, 4.69) is 213 Å². The number of benzene rings is 7. The second-order valence-corrected chi connectivity index (χ2v) is 16.9. The fraction of sp³-hybridized carbons (Fsp3) is 0.222. The largest absolute Gasteiger partial charge is 0.311 e. The van der Waals surface area contributed by atoms with E-state index in [1.165, 1.54) is 88.1 Å². The lowest BCUT2D eigenvalue weighted by atomic mass is 9.78. The second kappa shape index (κ2) is 14.7. The van der Waals surface area contributed by atoms with E-state index in [1.807, 2.05) is 0 Å². The topological polar surface area (TPSA) is 6.48 Å². The Morgan fingerprint density at radius 1 is 0.429 bits per heavy atom. The minimum Gasteiger partial charge on any atom is -0.311 e. The lowest BCUT2D eigenvalue weighted by Crippen LogP contribution is -2.20. The molecule has 0 spiro atoms. The summed E-state index contributed by atoms with van der Waals surface area (Å²) in [5.74, 6) is 0.699. The summed E-state index contributed by atoms with van der Waals surface area (Å²) in [6.45, 7) is 9.38. The van der Waals surface area contributed by atoms with Crippen LogP contribution in [0, 0.1) is 0 Å². The molecule has 7 aromatic carbocycles. The number of anilines is 6. The van der Waals surface area contributed by atoms with Crippen molar-refractivity contribution in [3.05, 3.63) is 204 Å². The molecular weight excluding hydrogens is 677 g/mol. The molecule has 0 bridgehead atoms. The molecule has 2 aliphatic carbocycles. The summed E-state index contributed by atoms with van der Waals surface area (Å²) in [6, 6.07) is 65.2. The predicted octanol–water partition coefficient (Wildman–Crippen LogP) is 15.3. The van der Waals surface area contributed by atoms with Gasteiger partial charge in [-0.2, -0.15) is 0 Å². The van der Waals surface area contributed by atoms with Crippen LogP contribution < -0.4 is 9.80 Å². The van der Waals surface area contributed by atoms with Gasteiger partial charge in [-0.15, -0.1) is 0 Å². The number of hydrogen-bond donors (Lipinski definition) is 0. The molecule has 1 fully saturated rings. The minimum absolute atomic E-state index is 0.0645. The van der Waals surface area contributed by atoms with Crippen molar-refractivity contribution in [3.63, 3.8) is 0 Å². The van der Waals surface area contributed by atoms with Gasteiger partial charge in [0.25, 0.3) is 0 Å². The smallest absolute Gasteiger partial charge is 0.0465 e. The van der Waals surface area contributed by atoms with Crippen LogP contribution in [0.5, 0.6) is 0 Å². The van der Waals surface area contributed by atoms with Crippen molar-refractivity contribution in [2.45, 2.75) is 76.5 Å². The summed E-state index contributed by atoms with van der Waals surface area (Å²) in [5.41, 5.74) is 16.2. The van der Waals surface area contributed by atoms with E-state index in [-0.39, 0.29) is 10.8 Å². The summed E-state index contributed by atoms with van der Waals surface area (Å²) in [6.07, 6.45) is 6.72. The molecule has 0 heterocycles. The highest BCUT2D eigenvalue weighted by Gasteiger charge is 2.36. The summed E-state index contributed by atoms with van der Waals surface area (Å²) >= 11 is 0. The standard InChI is InChI=1S/C54H52N2/c1-53(2,41-26-32-46(33-27-41)55(43-18-10-6-11-19-43)45-30-24-40(25-31-45)39-16-8-5-9-17-39)42-28-34-47(35-29-42)56(44-20-12-7-13-21-44)48-36-37-50-49-22-14-15-23-51(49)54(3,4)52(50)38-48/h6-7,10-15,18-39H,5,8-9,16-17H2,1-4H3. The van der Waals surface area contributed by atoms with Crippen molar-refractivity contribution >= 4 is 34.1 Å². The molecule has 0 aromatic heterocycles. The van der Waals surface area contributed by atoms with Crippen molar-refractivity contribution in [2.75, 3.05) is 9.80 Å². The average Bonchev–Trinajstić information content (AvgIpc) is 3.48. The first-order chi connectivity index (χ1) is 27.3. The molecule has 9 rings (SSSR count). The van der Waals surface area contributed by atoms with Gasteiger partial charge >= 0.3 is 0 Å². The molecule has 0 amide bonds. The van der Waals surface area contributed by atoms with E-state index in [0.717, 1.165) is 17.1 Å². The van der Waals surface area contributed by atoms with Gasteiger partial charge < -0.3 is 9.80 Å². The number of para-hydroxylation sites is 2. The van der Waals surface area contributed by atoms with E-state index in [4.69, 9.17) is 0 Å². The molecule has 2 heteroatoms. The average molecular weight is 729 g/mol. The molecule has 56 heavy (non-hydrogen) atoms. The SMILES string of the molecule is CC(C)(c1ccc(N(c2ccccc2)c2ccc(C3CCCCC3)cc2)cc1)c1ccc(N(c2ccccc2)c2ccc3c(c2)C(C)(C)c2ccccc2-3)cc1. The highest BCUT2D eigenvalue weighted by molar-refractivity contribution is 5.85. The van der Waals surface area contributed by atoms with Crippen LogP contribution in [0.3, 0.4) is 0 Å². The van der Waals surface area contributed by atoms with Crippen LogP contribution in [-0.2, 0) is 10.8 Å². The molecule has 0 aliphatic heterocycles. The first-order valence-electron chi connectivity index (χ1n) is 20.5. The molecule has 278 valence electrons. The Morgan fingerprint density at radius 2 is 0.857 bits per heavy atom. The number of rotatable bonds is 9.